The Morgan fingerprint density at radius 1 is 1.14 bits per heavy atom. The number of carbonyl (C=O) groups excluding carboxylic acids is 1. The third-order valence-corrected chi connectivity index (χ3v) is 4.20. The molecule has 1 saturated carbocycles. The van der Waals surface area contributed by atoms with Crippen molar-refractivity contribution in [3.8, 4) is 0 Å². The first-order chi connectivity index (χ1) is 10.6. The molecule has 4 heteroatoms. The number of carbonyl (C=O) groups is 2. The molecule has 1 amide bonds. The van der Waals surface area contributed by atoms with E-state index in [0.29, 0.717) is 18.9 Å². The first kappa shape index (κ1) is 14.6. The second-order valence-corrected chi connectivity index (χ2v) is 5.84. The smallest absolute Gasteiger partial charge is 0.303 e. The predicted octanol–water partition coefficient (Wildman–Crippen LogP) is 2.92. The van der Waals surface area contributed by atoms with E-state index in [-0.39, 0.29) is 18.2 Å². The highest BCUT2D eigenvalue weighted by molar-refractivity contribution is 5.85. The number of rotatable bonds is 6. The maximum atomic E-state index is 12.0. The Bertz CT molecular complexity index is 710. The van der Waals surface area contributed by atoms with Crippen LogP contribution in [0.15, 0.2) is 42.5 Å². The van der Waals surface area contributed by atoms with Crippen LogP contribution < -0.4 is 5.32 Å². The fraction of sp³-hybridized carbons (Fsp3) is 0.333. The molecule has 1 aliphatic rings. The first-order valence-electron chi connectivity index (χ1n) is 7.63. The number of benzene rings is 2. The van der Waals surface area contributed by atoms with Gasteiger partial charge >= 0.3 is 5.97 Å². The lowest BCUT2D eigenvalue weighted by Gasteiger charge is -2.05. The summed E-state index contributed by atoms with van der Waals surface area (Å²) in [5.74, 6) is -0.451. The van der Waals surface area contributed by atoms with Crippen molar-refractivity contribution in [2.75, 3.05) is 6.54 Å². The standard InChI is InChI=1S/C18H19NO3/c20-17(21)6-3-9-19-18(22)16-11-15(16)14-8-7-12-4-1-2-5-13(12)10-14/h1-2,4-5,7-8,10,15-16H,3,6,9,11H2,(H,19,22)(H,20,21). The van der Waals surface area contributed by atoms with Crippen molar-refractivity contribution in [2.24, 2.45) is 5.92 Å². The van der Waals surface area contributed by atoms with E-state index in [4.69, 9.17) is 5.11 Å². The van der Waals surface area contributed by atoms with Crippen LogP contribution in [0.4, 0.5) is 0 Å². The molecule has 0 heterocycles. The van der Waals surface area contributed by atoms with Crippen LogP contribution in [-0.4, -0.2) is 23.5 Å². The summed E-state index contributed by atoms with van der Waals surface area (Å²) in [5.41, 5.74) is 1.21. The van der Waals surface area contributed by atoms with Gasteiger partial charge in [0.05, 0.1) is 0 Å². The second-order valence-electron chi connectivity index (χ2n) is 5.84. The largest absolute Gasteiger partial charge is 0.481 e. The van der Waals surface area contributed by atoms with Crippen LogP contribution in [0.3, 0.4) is 0 Å². The Balaban J connectivity index is 1.56. The van der Waals surface area contributed by atoms with Gasteiger partial charge in [-0.05, 0) is 35.1 Å². The van der Waals surface area contributed by atoms with Crippen LogP contribution >= 0.6 is 0 Å². The fourth-order valence-corrected chi connectivity index (χ4v) is 2.87. The zero-order valence-electron chi connectivity index (χ0n) is 12.3. The van der Waals surface area contributed by atoms with E-state index >= 15 is 0 Å². The highest BCUT2D eigenvalue weighted by atomic mass is 16.4. The molecule has 114 valence electrons. The number of amides is 1. The number of hydrogen-bond donors (Lipinski definition) is 2. The lowest BCUT2D eigenvalue weighted by Crippen LogP contribution is -2.26. The lowest BCUT2D eigenvalue weighted by atomic mass is 10.0. The third-order valence-electron chi connectivity index (χ3n) is 4.20. The van der Waals surface area contributed by atoms with Gasteiger partial charge in [-0.1, -0.05) is 42.5 Å². The van der Waals surface area contributed by atoms with E-state index in [1.54, 1.807) is 0 Å². The molecule has 0 radical (unpaired) electrons. The van der Waals surface area contributed by atoms with Crippen LogP contribution in [0.2, 0.25) is 0 Å². The molecule has 1 aliphatic carbocycles. The number of fused-ring (bicyclic) bond motifs is 1. The number of nitrogens with one attached hydrogen (secondary N) is 1. The number of carboxylic acids is 1. The highest BCUT2D eigenvalue weighted by Crippen LogP contribution is 2.48. The zero-order chi connectivity index (χ0) is 15.5. The average molecular weight is 297 g/mol. The van der Waals surface area contributed by atoms with Gasteiger partial charge in [0, 0.05) is 18.9 Å². The molecule has 2 aromatic carbocycles. The molecule has 22 heavy (non-hydrogen) atoms. The van der Waals surface area contributed by atoms with Gasteiger partial charge in [0.15, 0.2) is 0 Å². The summed E-state index contributed by atoms with van der Waals surface area (Å²) in [6.45, 7) is 0.437. The van der Waals surface area contributed by atoms with Crippen molar-refractivity contribution < 1.29 is 14.7 Å². The highest BCUT2D eigenvalue weighted by Gasteiger charge is 2.43. The summed E-state index contributed by atoms with van der Waals surface area (Å²) in [7, 11) is 0. The van der Waals surface area contributed by atoms with Crippen LogP contribution in [0.5, 0.6) is 0 Å². The van der Waals surface area contributed by atoms with Gasteiger partial charge in [0.25, 0.3) is 0 Å². The monoisotopic (exact) mass is 297 g/mol. The number of carboxylic acid groups (broad SMARTS) is 1. The maximum absolute atomic E-state index is 12.0. The average Bonchev–Trinajstić information content (AvgIpc) is 3.31. The van der Waals surface area contributed by atoms with E-state index in [1.807, 2.05) is 12.1 Å². The van der Waals surface area contributed by atoms with Crippen molar-refractivity contribution in [1.29, 1.82) is 0 Å². The van der Waals surface area contributed by atoms with Gasteiger partial charge in [0.1, 0.15) is 0 Å². The predicted molar refractivity (Wildman–Crippen MR) is 84.7 cm³/mol. The molecule has 2 aromatic rings. The minimum absolute atomic E-state index is 0.0333. The molecular formula is C18H19NO3. The van der Waals surface area contributed by atoms with E-state index < -0.39 is 5.97 Å². The second kappa shape index (κ2) is 6.18. The van der Waals surface area contributed by atoms with Crippen LogP contribution in [0, 0.1) is 5.92 Å². The van der Waals surface area contributed by atoms with Gasteiger partial charge in [-0.15, -0.1) is 0 Å². The Hall–Kier alpha value is -2.36. The molecule has 4 nitrogen and oxygen atoms in total. The summed E-state index contributed by atoms with van der Waals surface area (Å²) >= 11 is 0. The summed E-state index contributed by atoms with van der Waals surface area (Å²) in [5, 5.41) is 13.8. The van der Waals surface area contributed by atoms with Gasteiger partial charge in [-0.25, -0.2) is 0 Å². The zero-order valence-corrected chi connectivity index (χ0v) is 12.3. The molecule has 0 spiro atoms. The molecule has 2 unspecified atom stereocenters. The summed E-state index contributed by atoms with van der Waals surface area (Å²) in [4.78, 5) is 22.5. The number of hydrogen-bond acceptors (Lipinski definition) is 2. The Labute approximate surface area is 129 Å². The quantitative estimate of drug-likeness (QED) is 0.806. The van der Waals surface area contributed by atoms with Crippen LogP contribution in [-0.2, 0) is 9.59 Å². The Morgan fingerprint density at radius 2 is 1.91 bits per heavy atom. The van der Waals surface area contributed by atoms with Crippen molar-refractivity contribution in [2.45, 2.75) is 25.2 Å². The Morgan fingerprint density at radius 3 is 2.68 bits per heavy atom. The summed E-state index contributed by atoms with van der Waals surface area (Å²) in [6, 6.07) is 14.6. The van der Waals surface area contributed by atoms with Crippen molar-refractivity contribution >= 4 is 22.6 Å². The Kier molecular flexibility index (Phi) is 4.09. The van der Waals surface area contributed by atoms with Gasteiger partial charge in [-0.3, -0.25) is 9.59 Å². The number of aliphatic carboxylic acids is 1. The van der Waals surface area contributed by atoms with Crippen molar-refractivity contribution in [1.82, 2.24) is 5.32 Å². The van der Waals surface area contributed by atoms with E-state index in [0.717, 1.165) is 6.42 Å². The maximum Gasteiger partial charge on any atom is 0.303 e. The van der Waals surface area contributed by atoms with Gasteiger partial charge in [0.2, 0.25) is 5.91 Å². The van der Waals surface area contributed by atoms with Gasteiger partial charge < -0.3 is 10.4 Å². The van der Waals surface area contributed by atoms with E-state index in [2.05, 4.69) is 35.6 Å². The minimum Gasteiger partial charge on any atom is -0.481 e. The minimum atomic E-state index is -0.824. The SMILES string of the molecule is O=C(O)CCCNC(=O)C1CC1c1ccc2ccccc2c1. The van der Waals surface area contributed by atoms with Crippen LogP contribution in [0.1, 0.15) is 30.7 Å². The molecule has 2 atom stereocenters. The van der Waals surface area contributed by atoms with E-state index in [1.165, 1.54) is 16.3 Å². The molecule has 2 N–H and O–H groups in total. The summed E-state index contributed by atoms with van der Waals surface area (Å²) < 4.78 is 0. The van der Waals surface area contributed by atoms with Crippen molar-refractivity contribution in [3.63, 3.8) is 0 Å². The molecule has 1 fully saturated rings. The summed E-state index contributed by atoms with van der Waals surface area (Å²) in [6.07, 6.45) is 1.45. The topological polar surface area (TPSA) is 66.4 Å². The molecule has 0 saturated heterocycles. The molecule has 0 aliphatic heterocycles. The normalized spacial score (nSPS) is 19.8. The first-order valence-corrected chi connectivity index (χ1v) is 7.63. The van der Waals surface area contributed by atoms with Gasteiger partial charge in [-0.2, -0.15) is 0 Å². The third kappa shape index (κ3) is 3.27. The molecule has 3 rings (SSSR count). The molecule has 0 aromatic heterocycles. The van der Waals surface area contributed by atoms with Crippen molar-refractivity contribution in [3.05, 3.63) is 48.0 Å². The molecule has 0 bridgehead atoms. The van der Waals surface area contributed by atoms with E-state index in [9.17, 15) is 9.59 Å². The lowest BCUT2D eigenvalue weighted by molar-refractivity contribution is -0.137. The molecular weight excluding hydrogens is 278 g/mol. The fourth-order valence-electron chi connectivity index (χ4n) is 2.87. The van der Waals surface area contributed by atoms with Crippen LogP contribution in [0.25, 0.3) is 10.8 Å².